The maximum absolute atomic E-state index is 13.9. The molecule has 3 rings (SSSR count). The van der Waals surface area contributed by atoms with Crippen LogP contribution in [0.25, 0.3) is 23.4 Å². The number of halogens is 5. The molecule has 1 aliphatic carbocycles. The number of hydrogen-bond donors (Lipinski definition) is 1. The average molecular weight is 343 g/mol. The van der Waals surface area contributed by atoms with E-state index in [1.165, 1.54) is 0 Å². The normalized spacial score (nSPS) is 12.5. The van der Waals surface area contributed by atoms with Gasteiger partial charge in [-0.3, -0.25) is 4.79 Å². The van der Waals surface area contributed by atoms with Crippen molar-refractivity contribution in [3.8, 4) is 11.3 Å². The molecule has 1 aliphatic rings. The highest BCUT2D eigenvalue weighted by molar-refractivity contribution is 5.87. The Kier molecular flexibility index (Phi) is 5.21. The Morgan fingerprint density at radius 3 is 1.92 bits per heavy atom. The van der Waals surface area contributed by atoms with Crippen molar-refractivity contribution >= 4 is 18.4 Å². The Labute approximate surface area is 134 Å². The SMILES string of the molecule is CC.O=Cc1c(-c2c(F)c(F)c(F)c(F)c2F)[nH]c2c1=CCCC=2. The molecule has 0 atom stereocenters. The molecule has 0 saturated heterocycles. The topological polar surface area (TPSA) is 32.9 Å². The summed E-state index contributed by atoms with van der Waals surface area (Å²) in [7, 11) is 0. The van der Waals surface area contributed by atoms with Gasteiger partial charge in [-0.2, -0.15) is 0 Å². The fourth-order valence-corrected chi connectivity index (χ4v) is 2.53. The van der Waals surface area contributed by atoms with Crippen LogP contribution in [0.1, 0.15) is 37.0 Å². The van der Waals surface area contributed by atoms with E-state index in [0.29, 0.717) is 29.7 Å². The van der Waals surface area contributed by atoms with Gasteiger partial charge in [-0.15, -0.1) is 0 Å². The number of aromatic amines is 1. The van der Waals surface area contributed by atoms with Crippen molar-refractivity contribution in [1.82, 2.24) is 4.98 Å². The van der Waals surface area contributed by atoms with E-state index in [2.05, 4.69) is 4.98 Å². The molecule has 0 radical (unpaired) electrons. The second kappa shape index (κ2) is 6.98. The summed E-state index contributed by atoms with van der Waals surface area (Å²) >= 11 is 0. The molecule has 7 heteroatoms. The molecule has 0 spiro atoms. The van der Waals surface area contributed by atoms with Gasteiger partial charge in [0.05, 0.1) is 11.3 Å². The van der Waals surface area contributed by atoms with Gasteiger partial charge in [0.1, 0.15) is 0 Å². The number of carbonyl (C=O) groups excluding carboxylic acids is 1. The standard InChI is InChI=1S/C15H8F5NO.C2H6/c16-10-9(11(17)13(19)14(20)12(10)18)15-7(5-22)6-3-1-2-4-8(6)21-15;1-2/h3-5,21H,1-2H2;1-2H3. The zero-order chi connectivity index (χ0) is 18.0. The number of aromatic nitrogens is 1. The predicted molar refractivity (Wildman–Crippen MR) is 80.2 cm³/mol. The molecule has 0 unspecified atom stereocenters. The average Bonchev–Trinajstić information content (AvgIpc) is 2.98. The van der Waals surface area contributed by atoms with Crippen LogP contribution in [0.5, 0.6) is 0 Å². The van der Waals surface area contributed by atoms with Crippen LogP contribution >= 0.6 is 0 Å². The Balaban J connectivity index is 0.00000100. The van der Waals surface area contributed by atoms with Gasteiger partial charge < -0.3 is 4.98 Å². The number of benzene rings is 1. The molecule has 1 aromatic carbocycles. The van der Waals surface area contributed by atoms with Crippen LogP contribution in [0, 0.1) is 29.1 Å². The highest BCUT2D eigenvalue weighted by Gasteiger charge is 2.29. The summed E-state index contributed by atoms with van der Waals surface area (Å²) in [6.45, 7) is 4.00. The lowest BCUT2D eigenvalue weighted by molar-refractivity contribution is 0.112. The number of H-pyrrole nitrogens is 1. The molecule has 128 valence electrons. The second-order valence-corrected chi connectivity index (χ2v) is 4.79. The highest BCUT2D eigenvalue weighted by atomic mass is 19.2. The van der Waals surface area contributed by atoms with E-state index >= 15 is 0 Å². The molecule has 1 heterocycles. The third kappa shape index (κ3) is 2.64. The molecular formula is C17H14F5NO. The van der Waals surface area contributed by atoms with E-state index in [1.807, 2.05) is 13.8 Å². The molecule has 0 amide bonds. The van der Waals surface area contributed by atoms with Gasteiger partial charge in [0.25, 0.3) is 0 Å². The lowest BCUT2D eigenvalue weighted by atomic mass is 10.0. The van der Waals surface area contributed by atoms with Crippen molar-refractivity contribution in [3.63, 3.8) is 0 Å². The first-order valence-corrected chi connectivity index (χ1v) is 7.36. The minimum absolute atomic E-state index is 0.130. The van der Waals surface area contributed by atoms with Crippen LogP contribution in [0.3, 0.4) is 0 Å². The number of rotatable bonds is 2. The smallest absolute Gasteiger partial charge is 0.200 e. The summed E-state index contributed by atoms with van der Waals surface area (Å²) in [5, 5.41) is 0.826. The zero-order valence-electron chi connectivity index (χ0n) is 12.9. The van der Waals surface area contributed by atoms with Crippen LogP contribution in [0.4, 0.5) is 22.0 Å². The minimum atomic E-state index is -2.24. The number of hydrogen-bond acceptors (Lipinski definition) is 1. The van der Waals surface area contributed by atoms with E-state index in [-0.39, 0.29) is 5.56 Å². The lowest BCUT2D eigenvalue weighted by Crippen LogP contribution is -2.26. The van der Waals surface area contributed by atoms with Gasteiger partial charge in [0.15, 0.2) is 29.6 Å². The van der Waals surface area contributed by atoms with E-state index in [0.717, 1.165) is 0 Å². The first kappa shape index (κ1) is 17.9. The van der Waals surface area contributed by atoms with Crippen LogP contribution in [0.2, 0.25) is 0 Å². The maximum Gasteiger partial charge on any atom is 0.200 e. The van der Waals surface area contributed by atoms with Crippen LogP contribution in [0.15, 0.2) is 0 Å². The number of carbonyl (C=O) groups is 1. The molecule has 24 heavy (non-hydrogen) atoms. The Morgan fingerprint density at radius 2 is 1.38 bits per heavy atom. The maximum atomic E-state index is 13.9. The minimum Gasteiger partial charge on any atom is -0.354 e. The molecule has 0 fully saturated rings. The van der Waals surface area contributed by atoms with Crippen molar-refractivity contribution in [2.24, 2.45) is 0 Å². The summed E-state index contributed by atoms with van der Waals surface area (Å²) in [5.41, 5.74) is -1.67. The summed E-state index contributed by atoms with van der Waals surface area (Å²) in [4.78, 5) is 13.8. The van der Waals surface area contributed by atoms with E-state index < -0.39 is 40.3 Å². The van der Waals surface area contributed by atoms with Crippen molar-refractivity contribution < 1.29 is 26.7 Å². The second-order valence-electron chi connectivity index (χ2n) is 4.79. The fourth-order valence-electron chi connectivity index (χ4n) is 2.53. The number of fused-ring (bicyclic) bond motifs is 1. The quantitative estimate of drug-likeness (QED) is 0.385. The highest BCUT2D eigenvalue weighted by Crippen LogP contribution is 2.31. The number of nitrogens with one attached hydrogen (secondary N) is 1. The predicted octanol–water partition coefficient (Wildman–Crippen LogP) is 3.57. The Bertz CT molecular complexity index is 885. The lowest BCUT2D eigenvalue weighted by Gasteiger charge is -2.07. The largest absolute Gasteiger partial charge is 0.354 e. The van der Waals surface area contributed by atoms with Gasteiger partial charge in [-0.05, 0) is 12.8 Å². The van der Waals surface area contributed by atoms with Crippen molar-refractivity contribution in [1.29, 1.82) is 0 Å². The summed E-state index contributed by atoms with van der Waals surface area (Å²) in [5.74, 6) is -10.3. The number of aldehydes is 1. The molecule has 2 aromatic rings. The van der Waals surface area contributed by atoms with Gasteiger partial charge in [0.2, 0.25) is 5.82 Å². The van der Waals surface area contributed by atoms with Crippen molar-refractivity contribution in [2.75, 3.05) is 0 Å². The molecule has 1 aromatic heterocycles. The van der Waals surface area contributed by atoms with Gasteiger partial charge in [0, 0.05) is 16.1 Å². The third-order valence-electron chi connectivity index (χ3n) is 3.55. The van der Waals surface area contributed by atoms with E-state index in [1.54, 1.807) is 12.2 Å². The van der Waals surface area contributed by atoms with Crippen LogP contribution < -0.4 is 10.6 Å². The fraction of sp³-hybridized carbons (Fsp3) is 0.235. The van der Waals surface area contributed by atoms with Crippen molar-refractivity contribution in [2.45, 2.75) is 26.7 Å². The van der Waals surface area contributed by atoms with Crippen molar-refractivity contribution in [3.05, 3.63) is 45.2 Å². The monoisotopic (exact) mass is 343 g/mol. The summed E-state index contributed by atoms with van der Waals surface area (Å²) in [6.07, 6.45) is 4.95. The first-order valence-electron chi connectivity index (χ1n) is 7.36. The molecule has 0 bridgehead atoms. The third-order valence-corrected chi connectivity index (χ3v) is 3.55. The van der Waals surface area contributed by atoms with Gasteiger partial charge in [-0.25, -0.2) is 22.0 Å². The van der Waals surface area contributed by atoms with E-state index in [9.17, 15) is 26.7 Å². The van der Waals surface area contributed by atoms with Crippen LogP contribution in [-0.4, -0.2) is 11.3 Å². The Hall–Kier alpha value is -2.44. The molecular weight excluding hydrogens is 329 g/mol. The first-order chi connectivity index (χ1) is 11.5. The van der Waals surface area contributed by atoms with Crippen LogP contribution in [-0.2, 0) is 0 Å². The molecule has 2 nitrogen and oxygen atoms in total. The van der Waals surface area contributed by atoms with Gasteiger partial charge >= 0.3 is 0 Å². The molecule has 0 aliphatic heterocycles. The summed E-state index contributed by atoms with van der Waals surface area (Å²) < 4.78 is 67.5. The molecule has 0 saturated carbocycles. The summed E-state index contributed by atoms with van der Waals surface area (Å²) in [6, 6.07) is 0. The van der Waals surface area contributed by atoms with E-state index in [4.69, 9.17) is 0 Å². The van der Waals surface area contributed by atoms with Gasteiger partial charge in [-0.1, -0.05) is 26.0 Å². The zero-order valence-corrected chi connectivity index (χ0v) is 12.9. The Morgan fingerprint density at radius 1 is 0.875 bits per heavy atom. The molecule has 1 N–H and O–H groups in total.